The molecule has 10 N–H and O–H groups in total. The summed E-state index contributed by atoms with van der Waals surface area (Å²) >= 11 is 0. The standard InChI is InChI=1S/C11H23N5O5/c1-5(17)8(16-9(18)6(14)2-3-12)10(19)15-7(4-13)11(20)21/h5-8,17H,2-4,12-14H2,1H3,(H,15,19)(H,16,18)(H,20,21)/t5-,6+,7-,8+/m1/s1. The number of aliphatic carboxylic acids is 1. The molecule has 0 saturated carbocycles. The van der Waals surface area contributed by atoms with Crippen LogP contribution >= 0.6 is 0 Å². The Hall–Kier alpha value is -1.75. The van der Waals surface area contributed by atoms with Crippen molar-refractivity contribution in [3.05, 3.63) is 0 Å². The maximum atomic E-state index is 11.9. The van der Waals surface area contributed by atoms with Gasteiger partial charge in [-0.25, -0.2) is 4.79 Å². The Balaban J connectivity index is 4.78. The van der Waals surface area contributed by atoms with Crippen molar-refractivity contribution in [3.63, 3.8) is 0 Å². The minimum Gasteiger partial charge on any atom is -0.480 e. The SMILES string of the molecule is C[C@@H](O)[C@H](NC(=O)[C@@H](N)CCN)C(=O)N[C@H](CN)C(=O)O. The lowest BCUT2D eigenvalue weighted by atomic mass is 10.1. The third-order valence-corrected chi connectivity index (χ3v) is 2.73. The van der Waals surface area contributed by atoms with E-state index in [9.17, 15) is 19.5 Å². The number of rotatable bonds is 9. The van der Waals surface area contributed by atoms with Gasteiger partial charge in [0.15, 0.2) is 0 Å². The van der Waals surface area contributed by atoms with E-state index in [-0.39, 0.29) is 19.5 Å². The highest BCUT2D eigenvalue weighted by Crippen LogP contribution is 1.97. The van der Waals surface area contributed by atoms with Gasteiger partial charge in [0.25, 0.3) is 0 Å². The van der Waals surface area contributed by atoms with Crippen LogP contribution < -0.4 is 27.8 Å². The van der Waals surface area contributed by atoms with E-state index in [0.717, 1.165) is 0 Å². The molecule has 10 heteroatoms. The van der Waals surface area contributed by atoms with Gasteiger partial charge in [-0.15, -0.1) is 0 Å². The number of hydrogen-bond acceptors (Lipinski definition) is 7. The molecule has 4 atom stereocenters. The first kappa shape index (κ1) is 19.2. The molecule has 0 aromatic heterocycles. The first-order valence-electron chi connectivity index (χ1n) is 6.41. The van der Waals surface area contributed by atoms with Crippen molar-refractivity contribution >= 4 is 17.8 Å². The van der Waals surface area contributed by atoms with Crippen LogP contribution in [0, 0.1) is 0 Å². The predicted molar refractivity (Wildman–Crippen MR) is 73.9 cm³/mol. The molecule has 0 fully saturated rings. The van der Waals surface area contributed by atoms with Gasteiger partial charge in [0.2, 0.25) is 11.8 Å². The van der Waals surface area contributed by atoms with Gasteiger partial charge in [0, 0.05) is 6.54 Å². The summed E-state index contributed by atoms with van der Waals surface area (Å²) in [5, 5.41) is 22.7. The summed E-state index contributed by atoms with van der Waals surface area (Å²) in [6, 6.07) is -3.57. The molecule has 0 aromatic rings. The number of nitrogens with one attached hydrogen (secondary N) is 2. The van der Waals surface area contributed by atoms with Gasteiger partial charge >= 0.3 is 5.97 Å². The fourth-order valence-electron chi connectivity index (χ4n) is 1.46. The van der Waals surface area contributed by atoms with Crippen LogP contribution in [0.25, 0.3) is 0 Å². The number of aliphatic hydroxyl groups is 1. The zero-order chi connectivity index (χ0) is 16.6. The average molecular weight is 305 g/mol. The van der Waals surface area contributed by atoms with Gasteiger partial charge in [0.05, 0.1) is 12.1 Å². The summed E-state index contributed by atoms with van der Waals surface area (Å²) in [5.74, 6) is -2.85. The molecule has 0 radical (unpaired) electrons. The minimum absolute atomic E-state index is 0.189. The van der Waals surface area contributed by atoms with Gasteiger partial charge in [-0.05, 0) is 19.9 Å². The Labute approximate surface area is 122 Å². The van der Waals surface area contributed by atoms with E-state index < -0.39 is 42.0 Å². The summed E-state index contributed by atoms with van der Waals surface area (Å²) in [6.45, 7) is 1.14. The number of hydrogen-bond donors (Lipinski definition) is 7. The third-order valence-electron chi connectivity index (χ3n) is 2.73. The van der Waals surface area contributed by atoms with E-state index in [2.05, 4.69) is 10.6 Å². The van der Waals surface area contributed by atoms with Crippen LogP contribution in [0.5, 0.6) is 0 Å². The highest BCUT2D eigenvalue weighted by atomic mass is 16.4. The van der Waals surface area contributed by atoms with E-state index in [1.165, 1.54) is 6.92 Å². The Morgan fingerprint density at radius 3 is 2.10 bits per heavy atom. The molecule has 122 valence electrons. The van der Waals surface area contributed by atoms with E-state index >= 15 is 0 Å². The van der Waals surface area contributed by atoms with E-state index in [4.69, 9.17) is 22.3 Å². The van der Waals surface area contributed by atoms with Gasteiger partial charge in [-0.3, -0.25) is 9.59 Å². The Bertz CT molecular complexity index is 376. The molecule has 0 heterocycles. The van der Waals surface area contributed by atoms with Crippen molar-refractivity contribution in [2.24, 2.45) is 17.2 Å². The van der Waals surface area contributed by atoms with Gasteiger partial charge in [0.1, 0.15) is 12.1 Å². The summed E-state index contributed by atoms with van der Waals surface area (Å²) in [7, 11) is 0. The molecule has 0 aliphatic heterocycles. The molecule has 0 spiro atoms. The quantitative estimate of drug-likeness (QED) is 0.224. The van der Waals surface area contributed by atoms with Crippen LogP contribution in [0.15, 0.2) is 0 Å². The number of aliphatic hydroxyl groups excluding tert-OH is 1. The van der Waals surface area contributed by atoms with Crippen LogP contribution in [0.3, 0.4) is 0 Å². The molecular formula is C11H23N5O5. The lowest BCUT2D eigenvalue weighted by Crippen LogP contribution is -2.59. The van der Waals surface area contributed by atoms with Gasteiger partial charge in [-0.1, -0.05) is 0 Å². The number of carboxylic acids is 1. The number of carboxylic acid groups (broad SMARTS) is 1. The first-order chi connectivity index (χ1) is 9.74. The smallest absolute Gasteiger partial charge is 0.327 e. The highest BCUT2D eigenvalue weighted by molar-refractivity contribution is 5.92. The Morgan fingerprint density at radius 2 is 1.71 bits per heavy atom. The van der Waals surface area contributed by atoms with E-state index in [1.807, 2.05) is 0 Å². The molecule has 0 unspecified atom stereocenters. The monoisotopic (exact) mass is 305 g/mol. The summed E-state index contributed by atoms with van der Waals surface area (Å²) < 4.78 is 0. The fourth-order valence-corrected chi connectivity index (χ4v) is 1.46. The second-order valence-electron chi connectivity index (χ2n) is 4.55. The Morgan fingerprint density at radius 1 is 1.14 bits per heavy atom. The molecule has 0 bridgehead atoms. The molecule has 0 aliphatic rings. The summed E-state index contributed by atoms with van der Waals surface area (Å²) in [4.78, 5) is 34.4. The average Bonchev–Trinajstić information content (AvgIpc) is 2.40. The van der Waals surface area contributed by atoms with Crippen LogP contribution in [0.4, 0.5) is 0 Å². The van der Waals surface area contributed by atoms with Crippen molar-refractivity contribution in [3.8, 4) is 0 Å². The van der Waals surface area contributed by atoms with Crippen molar-refractivity contribution in [1.82, 2.24) is 10.6 Å². The molecule has 0 aromatic carbocycles. The first-order valence-corrected chi connectivity index (χ1v) is 6.41. The van der Waals surface area contributed by atoms with Crippen molar-refractivity contribution in [2.75, 3.05) is 13.1 Å². The molecule has 0 aliphatic carbocycles. The summed E-state index contributed by atoms with van der Waals surface area (Å²) in [6.07, 6.45) is -1.04. The maximum absolute atomic E-state index is 11.9. The minimum atomic E-state index is -1.34. The van der Waals surface area contributed by atoms with Crippen molar-refractivity contribution in [1.29, 1.82) is 0 Å². The third kappa shape index (κ3) is 6.49. The second kappa shape index (κ2) is 9.23. The zero-order valence-corrected chi connectivity index (χ0v) is 11.8. The Kier molecular flexibility index (Phi) is 8.47. The van der Waals surface area contributed by atoms with Gasteiger partial charge < -0.3 is 38.0 Å². The number of carbonyl (C=O) groups is 3. The lowest BCUT2D eigenvalue weighted by molar-refractivity contribution is -0.142. The number of amides is 2. The second-order valence-corrected chi connectivity index (χ2v) is 4.55. The van der Waals surface area contributed by atoms with Gasteiger partial charge in [-0.2, -0.15) is 0 Å². The molecule has 0 saturated heterocycles. The number of nitrogens with two attached hydrogens (primary N) is 3. The van der Waals surface area contributed by atoms with E-state index in [1.54, 1.807) is 0 Å². The van der Waals surface area contributed by atoms with Crippen LogP contribution in [0.1, 0.15) is 13.3 Å². The number of carbonyl (C=O) groups excluding carboxylic acids is 2. The highest BCUT2D eigenvalue weighted by Gasteiger charge is 2.30. The predicted octanol–water partition coefficient (Wildman–Crippen LogP) is -3.94. The fraction of sp³-hybridized carbons (Fsp3) is 0.727. The topological polar surface area (TPSA) is 194 Å². The van der Waals surface area contributed by atoms with Crippen molar-refractivity contribution in [2.45, 2.75) is 37.6 Å². The van der Waals surface area contributed by atoms with Crippen LogP contribution in [-0.2, 0) is 14.4 Å². The summed E-state index contributed by atoms with van der Waals surface area (Å²) in [5.41, 5.74) is 16.0. The lowest BCUT2D eigenvalue weighted by Gasteiger charge is -2.24. The molecule has 0 rings (SSSR count). The molecule has 21 heavy (non-hydrogen) atoms. The zero-order valence-electron chi connectivity index (χ0n) is 11.8. The van der Waals surface area contributed by atoms with Crippen LogP contribution in [0.2, 0.25) is 0 Å². The molecular weight excluding hydrogens is 282 g/mol. The normalized spacial score (nSPS) is 16.4. The molecule has 2 amide bonds. The van der Waals surface area contributed by atoms with E-state index in [0.29, 0.717) is 0 Å². The van der Waals surface area contributed by atoms with Crippen LogP contribution in [-0.4, -0.2) is 65.3 Å². The molecule has 10 nitrogen and oxygen atoms in total. The largest absolute Gasteiger partial charge is 0.480 e. The van der Waals surface area contributed by atoms with Crippen molar-refractivity contribution < 1.29 is 24.6 Å². The maximum Gasteiger partial charge on any atom is 0.327 e.